The lowest BCUT2D eigenvalue weighted by Crippen LogP contribution is -2.02. The molecule has 0 spiro atoms. The Hall–Kier alpha value is -2.56. The van der Waals surface area contributed by atoms with E-state index in [1.807, 2.05) is 13.0 Å². The highest BCUT2D eigenvalue weighted by Crippen LogP contribution is 2.23. The molecule has 2 aromatic rings. The van der Waals surface area contributed by atoms with Crippen LogP contribution in [0.2, 0.25) is 0 Å². The first-order valence-electron chi connectivity index (χ1n) is 5.72. The van der Waals surface area contributed by atoms with Crippen LogP contribution in [0.1, 0.15) is 21.5 Å². The average Bonchev–Trinajstić information content (AvgIpc) is 2.37. The Morgan fingerprint density at radius 3 is 2.84 bits per heavy atom. The van der Waals surface area contributed by atoms with Gasteiger partial charge in [0.1, 0.15) is 12.4 Å². The lowest BCUT2D eigenvalue weighted by atomic mass is 10.2. The van der Waals surface area contributed by atoms with E-state index in [0.29, 0.717) is 18.0 Å². The quantitative estimate of drug-likeness (QED) is 0.821. The second-order valence-electron chi connectivity index (χ2n) is 4.22. The van der Waals surface area contributed by atoms with Crippen LogP contribution in [0, 0.1) is 6.92 Å². The van der Waals surface area contributed by atoms with Gasteiger partial charge >= 0.3 is 5.97 Å². The Morgan fingerprint density at radius 2 is 2.16 bits per heavy atom. The molecule has 0 saturated carbocycles. The molecule has 0 fully saturated rings. The smallest absolute Gasteiger partial charge is 0.335 e. The molecule has 0 saturated heterocycles. The fourth-order valence-electron chi connectivity index (χ4n) is 1.65. The molecule has 0 unspecified atom stereocenters. The van der Waals surface area contributed by atoms with E-state index in [2.05, 4.69) is 4.98 Å². The van der Waals surface area contributed by atoms with Gasteiger partial charge in [-0.05, 0) is 36.8 Å². The summed E-state index contributed by atoms with van der Waals surface area (Å²) in [6.07, 6.45) is 3.45. The molecule has 0 atom stereocenters. The summed E-state index contributed by atoms with van der Waals surface area (Å²) in [7, 11) is 0. The molecule has 5 nitrogen and oxygen atoms in total. The van der Waals surface area contributed by atoms with Gasteiger partial charge in [-0.15, -0.1) is 0 Å². The average molecular weight is 258 g/mol. The Bertz CT molecular complexity index is 611. The van der Waals surface area contributed by atoms with Gasteiger partial charge in [0, 0.05) is 18.0 Å². The molecule has 98 valence electrons. The van der Waals surface area contributed by atoms with Crippen molar-refractivity contribution >= 4 is 11.7 Å². The zero-order valence-electron chi connectivity index (χ0n) is 10.5. The number of ether oxygens (including phenoxy) is 1. The third-order valence-electron chi connectivity index (χ3n) is 2.59. The van der Waals surface area contributed by atoms with Crippen LogP contribution in [-0.4, -0.2) is 16.1 Å². The third-order valence-corrected chi connectivity index (χ3v) is 2.59. The van der Waals surface area contributed by atoms with Crippen molar-refractivity contribution in [2.24, 2.45) is 0 Å². The van der Waals surface area contributed by atoms with E-state index in [1.165, 1.54) is 18.2 Å². The second kappa shape index (κ2) is 5.39. The van der Waals surface area contributed by atoms with Crippen molar-refractivity contribution in [2.45, 2.75) is 13.5 Å². The number of pyridine rings is 1. The number of carboxylic acids is 1. The predicted octanol–water partition coefficient (Wildman–Crippen LogP) is 2.25. The molecule has 3 N–H and O–H groups in total. The molecule has 1 aromatic carbocycles. The van der Waals surface area contributed by atoms with Crippen LogP contribution in [0.3, 0.4) is 0 Å². The number of carbonyl (C=O) groups is 1. The SMILES string of the molecule is Cc1cncc(COc2cc(C(=O)O)ccc2N)c1. The Labute approximate surface area is 110 Å². The summed E-state index contributed by atoms with van der Waals surface area (Å²) in [5.74, 6) is -0.650. The van der Waals surface area contributed by atoms with Gasteiger partial charge in [0.15, 0.2) is 0 Å². The van der Waals surface area contributed by atoms with Gasteiger partial charge in [0.25, 0.3) is 0 Å². The summed E-state index contributed by atoms with van der Waals surface area (Å²) in [5, 5.41) is 8.92. The number of aromatic nitrogens is 1. The van der Waals surface area contributed by atoms with Gasteiger partial charge in [-0.3, -0.25) is 4.98 Å². The Balaban J connectivity index is 2.15. The normalized spacial score (nSPS) is 10.2. The third kappa shape index (κ3) is 3.22. The van der Waals surface area contributed by atoms with Crippen molar-refractivity contribution in [1.82, 2.24) is 4.98 Å². The number of hydrogen-bond acceptors (Lipinski definition) is 4. The number of nitrogens with zero attached hydrogens (tertiary/aromatic N) is 1. The summed E-state index contributed by atoms with van der Waals surface area (Å²) in [4.78, 5) is 14.9. The monoisotopic (exact) mass is 258 g/mol. The summed E-state index contributed by atoms with van der Waals surface area (Å²) >= 11 is 0. The minimum Gasteiger partial charge on any atom is -0.487 e. The zero-order chi connectivity index (χ0) is 13.8. The van der Waals surface area contributed by atoms with Crippen molar-refractivity contribution in [1.29, 1.82) is 0 Å². The summed E-state index contributed by atoms with van der Waals surface area (Å²) in [6, 6.07) is 6.33. The molecule has 0 aliphatic carbocycles. The van der Waals surface area contributed by atoms with Gasteiger partial charge in [-0.25, -0.2) is 4.79 Å². The largest absolute Gasteiger partial charge is 0.487 e. The summed E-state index contributed by atoms with van der Waals surface area (Å²) in [5.41, 5.74) is 8.24. The molecular formula is C14H14N2O3. The van der Waals surface area contributed by atoms with Crippen molar-refractivity contribution in [2.75, 3.05) is 5.73 Å². The topological polar surface area (TPSA) is 85.4 Å². The minimum atomic E-state index is -1.01. The second-order valence-corrected chi connectivity index (χ2v) is 4.22. The molecule has 0 radical (unpaired) electrons. The van der Waals surface area contributed by atoms with Crippen LogP contribution in [-0.2, 0) is 6.61 Å². The molecule has 0 bridgehead atoms. The zero-order valence-corrected chi connectivity index (χ0v) is 10.5. The Morgan fingerprint density at radius 1 is 1.37 bits per heavy atom. The molecule has 19 heavy (non-hydrogen) atoms. The highest BCUT2D eigenvalue weighted by molar-refractivity contribution is 5.89. The minimum absolute atomic E-state index is 0.145. The van der Waals surface area contributed by atoms with E-state index < -0.39 is 5.97 Å². The molecule has 0 aliphatic rings. The van der Waals surface area contributed by atoms with Gasteiger partial charge in [-0.1, -0.05) is 0 Å². The standard InChI is InChI=1S/C14H14N2O3/c1-9-4-10(7-16-6-9)8-19-13-5-11(14(17)18)2-3-12(13)15/h2-7H,8,15H2,1H3,(H,17,18). The lowest BCUT2D eigenvalue weighted by Gasteiger charge is -2.09. The highest BCUT2D eigenvalue weighted by Gasteiger charge is 2.08. The van der Waals surface area contributed by atoms with Crippen LogP contribution in [0.25, 0.3) is 0 Å². The maximum Gasteiger partial charge on any atom is 0.335 e. The number of hydrogen-bond donors (Lipinski definition) is 2. The van der Waals surface area contributed by atoms with Crippen molar-refractivity contribution < 1.29 is 14.6 Å². The molecule has 5 heteroatoms. The molecule has 0 amide bonds. The van der Waals surface area contributed by atoms with Crippen LogP contribution >= 0.6 is 0 Å². The first-order chi connectivity index (χ1) is 9.06. The van der Waals surface area contributed by atoms with E-state index in [0.717, 1.165) is 11.1 Å². The number of aromatic carboxylic acids is 1. The van der Waals surface area contributed by atoms with Gasteiger partial charge in [0.2, 0.25) is 0 Å². The fourth-order valence-corrected chi connectivity index (χ4v) is 1.65. The number of nitrogens with two attached hydrogens (primary N) is 1. The molecule has 0 aliphatic heterocycles. The van der Waals surface area contributed by atoms with Crippen molar-refractivity contribution in [3.05, 3.63) is 53.3 Å². The number of aryl methyl sites for hydroxylation is 1. The molecular weight excluding hydrogens is 244 g/mol. The van der Waals surface area contributed by atoms with Crippen LogP contribution < -0.4 is 10.5 Å². The van der Waals surface area contributed by atoms with E-state index >= 15 is 0 Å². The first kappa shape index (κ1) is 12.9. The van der Waals surface area contributed by atoms with Gasteiger partial charge < -0.3 is 15.6 Å². The van der Waals surface area contributed by atoms with Crippen molar-refractivity contribution in [3.63, 3.8) is 0 Å². The van der Waals surface area contributed by atoms with E-state index in [4.69, 9.17) is 15.6 Å². The number of rotatable bonds is 4. The fraction of sp³-hybridized carbons (Fsp3) is 0.143. The maximum atomic E-state index is 10.9. The van der Waals surface area contributed by atoms with E-state index in [-0.39, 0.29) is 5.56 Å². The van der Waals surface area contributed by atoms with Gasteiger partial charge in [-0.2, -0.15) is 0 Å². The summed E-state index contributed by atoms with van der Waals surface area (Å²) < 4.78 is 5.54. The molecule has 1 aromatic heterocycles. The number of carboxylic acid groups (broad SMARTS) is 1. The van der Waals surface area contributed by atoms with Crippen LogP contribution in [0.4, 0.5) is 5.69 Å². The van der Waals surface area contributed by atoms with E-state index in [9.17, 15) is 4.79 Å². The maximum absolute atomic E-state index is 10.9. The van der Waals surface area contributed by atoms with Crippen LogP contribution in [0.5, 0.6) is 5.75 Å². The van der Waals surface area contributed by atoms with E-state index in [1.54, 1.807) is 12.4 Å². The highest BCUT2D eigenvalue weighted by atomic mass is 16.5. The molecule has 2 rings (SSSR count). The van der Waals surface area contributed by atoms with Crippen LogP contribution in [0.15, 0.2) is 36.7 Å². The molecule has 1 heterocycles. The predicted molar refractivity (Wildman–Crippen MR) is 71.1 cm³/mol. The number of anilines is 1. The number of benzene rings is 1. The lowest BCUT2D eigenvalue weighted by molar-refractivity contribution is 0.0696. The van der Waals surface area contributed by atoms with Gasteiger partial charge in [0.05, 0.1) is 11.3 Å². The first-order valence-corrected chi connectivity index (χ1v) is 5.72. The van der Waals surface area contributed by atoms with Crippen molar-refractivity contribution in [3.8, 4) is 5.75 Å². The number of nitrogen functional groups attached to an aromatic ring is 1. The Kier molecular flexibility index (Phi) is 3.66. The summed E-state index contributed by atoms with van der Waals surface area (Å²) in [6.45, 7) is 2.23.